The first kappa shape index (κ1) is 6.84. The van der Waals surface area contributed by atoms with E-state index in [9.17, 15) is 0 Å². The Morgan fingerprint density at radius 2 is 1.14 bits per heavy atom. The number of nitrogens with zero attached hydrogens (tertiary/aromatic N) is 1. The summed E-state index contributed by atoms with van der Waals surface area (Å²) in [5.41, 5.74) is 8.44. The molecular weight excluding hydrogens is 92.1 g/mol. The highest BCUT2D eigenvalue weighted by atomic mass is 15.9. The van der Waals surface area contributed by atoms with Gasteiger partial charge in [0.05, 0.1) is 0 Å². The van der Waals surface area contributed by atoms with Gasteiger partial charge in [-0.05, 0) is 0 Å². The molecule has 0 fully saturated rings. The Kier molecular flexibility index (Phi) is 3.92. The fourth-order valence-electron chi connectivity index (χ4n) is 0.335. The molecule has 0 aliphatic rings. The van der Waals surface area contributed by atoms with Crippen LogP contribution >= 0.6 is 0 Å². The third-order valence-corrected chi connectivity index (χ3v) is 0.671. The van der Waals surface area contributed by atoms with Gasteiger partial charge < -0.3 is 0 Å². The summed E-state index contributed by atoms with van der Waals surface area (Å²) in [6.45, 7) is 0. The van der Waals surface area contributed by atoms with Crippen molar-refractivity contribution in [3.8, 4) is 0 Å². The molecule has 0 spiro atoms. The molecule has 0 saturated heterocycles. The number of rotatable bonds is 3. The van der Waals surface area contributed by atoms with Gasteiger partial charge in [-0.1, -0.05) is 16.3 Å². The normalized spacial score (nSPS) is 10.3. The van der Waals surface area contributed by atoms with Gasteiger partial charge in [0.15, 0.2) is 0 Å². The third kappa shape index (κ3) is 2.52. The quantitative estimate of drug-likeness (QED) is 0.302. The summed E-state index contributed by atoms with van der Waals surface area (Å²) < 4.78 is 0. The molecule has 4 heteroatoms. The minimum absolute atomic E-state index is 1.62. The summed E-state index contributed by atoms with van der Waals surface area (Å²) in [6, 6.07) is 0. The van der Waals surface area contributed by atoms with Crippen LogP contribution in [0.5, 0.6) is 0 Å². The number of nitrogens with one attached hydrogen (secondary N) is 3. The molecule has 0 aromatic carbocycles. The van der Waals surface area contributed by atoms with Crippen LogP contribution in [0.25, 0.3) is 0 Å². The van der Waals surface area contributed by atoms with Gasteiger partial charge in [-0.2, -0.15) is 0 Å². The Morgan fingerprint density at radius 1 is 0.857 bits per heavy atom. The summed E-state index contributed by atoms with van der Waals surface area (Å²) in [4.78, 5) is 0. The topological polar surface area (TPSA) is 42.0 Å². The smallest absolute Gasteiger partial charge is 0.0768 e. The molecule has 7 heavy (non-hydrogen) atoms. The zero-order valence-corrected chi connectivity index (χ0v) is 4.95. The molecule has 0 heterocycles. The average Bonchev–Trinajstić information content (AvgIpc) is 1.72. The molecule has 4 nitrogen and oxygen atoms in total. The molecule has 0 aliphatic carbocycles. The predicted molar refractivity (Wildman–Crippen MR) is 29.3 cm³/mol. The van der Waals surface area contributed by atoms with E-state index in [2.05, 4.69) is 16.3 Å². The monoisotopic (exact) mass is 104 g/mol. The number of hydrogen-bond acceptors (Lipinski definition) is 4. The highest BCUT2D eigenvalue weighted by Crippen LogP contribution is 1.45. The van der Waals surface area contributed by atoms with Crippen LogP contribution in [0.15, 0.2) is 0 Å². The second-order valence-electron chi connectivity index (χ2n) is 1.01. The second kappa shape index (κ2) is 4.01. The van der Waals surface area contributed by atoms with Crippen molar-refractivity contribution in [2.45, 2.75) is 0 Å². The number of hydrogen-bond donors (Lipinski definition) is 3. The summed E-state index contributed by atoms with van der Waals surface area (Å²) in [6.07, 6.45) is 0. The minimum atomic E-state index is 1.62. The van der Waals surface area contributed by atoms with E-state index in [0.717, 1.165) is 0 Å². The van der Waals surface area contributed by atoms with Crippen LogP contribution in [0.4, 0.5) is 0 Å². The van der Waals surface area contributed by atoms with Crippen LogP contribution in [0.3, 0.4) is 0 Å². The molecule has 0 rings (SSSR count). The van der Waals surface area contributed by atoms with Gasteiger partial charge in [-0.3, -0.25) is 0 Å². The average molecular weight is 104 g/mol. The van der Waals surface area contributed by atoms with Crippen molar-refractivity contribution >= 4 is 0 Å². The van der Waals surface area contributed by atoms with Crippen molar-refractivity contribution in [2.24, 2.45) is 0 Å². The number of hydrazine groups is 3. The van der Waals surface area contributed by atoms with E-state index in [-0.39, 0.29) is 0 Å². The second-order valence-corrected chi connectivity index (χ2v) is 1.01. The van der Waals surface area contributed by atoms with Gasteiger partial charge in [0, 0.05) is 21.1 Å². The Bertz CT molecular complexity index is 28.4. The Balaban J connectivity index is 2.99. The molecule has 3 N–H and O–H groups in total. The molecule has 0 unspecified atom stereocenters. The van der Waals surface area contributed by atoms with Crippen molar-refractivity contribution < 1.29 is 0 Å². The van der Waals surface area contributed by atoms with Crippen molar-refractivity contribution in [2.75, 3.05) is 21.1 Å². The van der Waals surface area contributed by atoms with E-state index in [1.807, 2.05) is 21.1 Å². The van der Waals surface area contributed by atoms with Gasteiger partial charge >= 0.3 is 0 Å². The lowest BCUT2D eigenvalue weighted by atomic mass is 11.4. The minimum Gasteiger partial charge on any atom is -0.0768 e. The van der Waals surface area contributed by atoms with Gasteiger partial charge in [0.2, 0.25) is 0 Å². The van der Waals surface area contributed by atoms with E-state index in [1.165, 1.54) is 0 Å². The maximum atomic E-state index is 2.81. The van der Waals surface area contributed by atoms with Crippen molar-refractivity contribution in [3.63, 3.8) is 0 Å². The molecule has 0 atom stereocenters. The first-order valence-corrected chi connectivity index (χ1v) is 2.17. The lowest BCUT2D eigenvalue weighted by Crippen LogP contribution is -2.57. The Hall–Kier alpha value is -0.160. The molecule has 1 radical (unpaired) electrons. The highest BCUT2D eigenvalue weighted by Gasteiger charge is 2.01. The molecule has 0 aromatic heterocycles. The summed E-state index contributed by atoms with van der Waals surface area (Å²) in [7, 11) is 5.44. The lowest BCUT2D eigenvalue weighted by Gasteiger charge is -2.00. The molecule has 0 amide bonds. The molecule has 0 aromatic rings. The van der Waals surface area contributed by atoms with Gasteiger partial charge in [-0.25, -0.2) is 0 Å². The van der Waals surface area contributed by atoms with Crippen LogP contribution in [0.2, 0.25) is 0 Å². The molecule has 0 bridgehead atoms. The molecule has 43 valence electrons. The van der Waals surface area contributed by atoms with E-state index >= 15 is 0 Å². The molecule has 0 aliphatic heterocycles. The van der Waals surface area contributed by atoms with Crippen LogP contribution in [-0.2, 0) is 0 Å². The van der Waals surface area contributed by atoms with E-state index in [0.29, 0.717) is 0 Å². The fraction of sp³-hybridized carbons (Fsp3) is 1.00. The largest absolute Gasteiger partial charge is 0.101 e. The third-order valence-electron chi connectivity index (χ3n) is 0.671. The van der Waals surface area contributed by atoms with Crippen LogP contribution in [-0.4, -0.2) is 21.1 Å². The molecular formula is C3H12N4+. The van der Waals surface area contributed by atoms with Crippen molar-refractivity contribution in [3.05, 3.63) is 0 Å². The van der Waals surface area contributed by atoms with Gasteiger partial charge in [-0.15, -0.1) is 0 Å². The standard InChI is InChI=1S/C3H12N4/c1-4-7(5-2)6-3/h4-6H,1-3H3/q+1. The fourth-order valence-corrected chi connectivity index (χ4v) is 0.335. The summed E-state index contributed by atoms with van der Waals surface area (Å²) >= 11 is 0. The van der Waals surface area contributed by atoms with Crippen molar-refractivity contribution in [1.82, 2.24) is 21.5 Å². The van der Waals surface area contributed by atoms with Crippen molar-refractivity contribution in [1.29, 1.82) is 0 Å². The summed E-state index contributed by atoms with van der Waals surface area (Å²) in [5.74, 6) is 0. The highest BCUT2D eigenvalue weighted by molar-refractivity contribution is 4.26. The van der Waals surface area contributed by atoms with Gasteiger partial charge in [0.25, 0.3) is 0 Å². The van der Waals surface area contributed by atoms with E-state index < -0.39 is 0 Å². The lowest BCUT2D eigenvalue weighted by molar-refractivity contribution is 0.216. The predicted octanol–water partition coefficient (Wildman–Crippen LogP) is -1.47. The van der Waals surface area contributed by atoms with Crippen LogP contribution in [0.1, 0.15) is 0 Å². The maximum Gasteiger partial charge on any atom is 0.101 e. The maximum absolute atomic E-state index is 2.81. The zero-order chi connectivity index (χ0) is 5.70. The zero-order valence-electron chi connectivity index (χ0n) is 4.95. The Labute approximate surface area is 43.8 Å². The Morgan fingerprint density at radius 3 is 1.14 bits per heavy atom. The first-order chi connectivity index (χ1) is 3.35. The van der Waals surface area contributed by atoms with E-state index in [1.54, 1.807) is 5.23 Å². The first-order valence-electron chi connectivity index (χ1n) is 2.17. The van der Waals surface area contributed by atoms with Gasteiger partial charge in [0.1, 0.15) is 5.23 Å². The van der Waals surface area contributed by atoms with Crippen LogP contribution < -0.4 is 21.5 Å². The summed E-state index contributed by atoms with van der Waals surface area (Å²) in [5, 5.41) is 1.62. The van der Waals surface area contributed by atoms with Crippen LogP contribution in [0, 0.1) is 0 Å². The van der Waals surface area contributed by atoms with E-state index in [4.69, 9.17) is 0 Å². The SMILES string of the molecule is CN[N+](NC)NC. The molecule has 0 saturated carbocycles.